The van der Waals surface area contributed by atoms with E-state index < -0.39 is 5.60 Å². The summed E-state index contributed by atoms with van der Waals surface area (Å²) in [5.74, 6) is 0. The minimum atomic E-state index is -0.428. The lowest BCUT2D eigenvalue weighted by molar-refractivity contribution is 0.0258. The van der Waals surface area contributed by atoms with Gasteiger partial charge in [-0.05, 0) is 64.2 Å². The third kappa shape index (κ3) is 3.53. The average molecular weight is 275 g/mol. The van der Waals surface area contributed by atoms with E-state index in [1.807, 2.05) is 25.7 Å². The molecular formula is C17H25NO2. The molecule has 0 radical (unpaired) electrons. The molecule has 1 aromatic carbocycles. The standard InChI is InChI=1S/C17H25NO2/c1-12-10-13(2)15-7-9-18(8-6-14(15)11-12)16(19)20-17(3,4)5/h10-11H,6-9H2,1-5H3. The van der Waals surface area contributed by atoms with Crippen molar-refractivity contribution in [1.82, 2.24) is 4.90 Å². The van der Waals surface area contributed by atoms with E-state index >= 15 is 0 Å². The molecule has 0 N–H and O–H groups in total. The number of aryl methyl sites for hydroxylation is 2. The summed E-state index contributed by atoms with van der Waals surface area (Å²) in [5.41, 5.74) is 5.00. The van der Waals surface area contributed by atoms with E-state index in [4.69, 9.17) is 4.74 Å². The van der Waals surface area contributed by atoms with Gasteiger partial charge in [0.05, 0.1) is 0 Å². The average Bonchev–Trinajstić information content (AvgIpc) is 2.49. The first-order valence-electron chi connectivity index (χ1n) is 7.33. The van der Waals surface area contributed by atoms with Crippen LogP contribution in [0.1, 0.15) is 43.0 Å². The summed E-state index contributed by atoms with van der Waals surface area (Å²) < 4.78 is 5.47. The maximum absolute atomic E-state index is 12.2. The Kier molecular flexibility index (Phi) is 4.07. The Labute approximate surface area is 121 Å². The van der Waals surface area contributed by atoms with Crippen LogP contribution in [0.5, 0.6) is 0 Å². The molecule has 110 valence electrons. The van der Waals surface area contributed by atoms with Gasteiger partial charge in [-0.25, -0.2) is 4.79 Å². The molecule has 0 bridgehead atoms. The van der Waals surface area contributed by atoms with Gasteiger partial charge in [0.15, 0.2) is 0 Å². The molecule has 20 heavy (non-hydrogen) atoms. The third-order valence-corrected chi connectivity index (χ3v) is 3.64. The SMILES string of the molecule is Cc1cc(C)c2c(c1)CCN(C(=O)OC(C)(C)C)CC2. The van der Waals surface area contributed by atoms with E-state index in [9.17, 15) is 4.79 Å². The predicted octanol–water partition coefficient (Wildman–Crippen LogP) is 3.64. The Morgan fingerprint density at radius 3 is 2.45 bits per heavy atom. The number of nitrogens with zero attached hydrogens (tertiary/aromatic N) is 1. The zero-order valence-electron chi connectivity index (χ0n) is 13.2. The van der Waals surface area contributed by atoms with Crippen molar-refractivity contribution in [2.75, 3.05) is 13.1 Å². The molecule has 0 unspecified atom stereocenters. The molecule has 1 aliphatic rings. The number of hydrogen-bond donors (Lipinski definition) is 0. The number of rotatable bonds is 0. The van der Waals surface area contributed by atoms with Crippen molar-refractivity contribution >= 4 is 6.09 Å². The summed E-state index contributed by atoms with van der Waals surface area (Å²) >= 11 is 0. The van der Waals surface area contributed by atoms with Crippen molar-refractivity contribution in [2.45, 2.75) is 53.1 Å². The number of amides is 1. The van der Waals surface area contributed by atoms with E-state index in [-0.39, 0.29) is 6.09 Å². The van der Waals surface area contributed by atoms with E-state index in [2.05, 4.69) is 26.0 Å². The third-order valence-electron chi connectivity index (χ3n) is 3.64. The number of ether oxygens (including phenoxy) is 1. The molecule has 3 nitrogen and oxygen atoms in total. The van der Waals surface area contributed by atoms with Crippen molar-refractivity contribution in [3.63, 3.8) is 0 Å². The van der Waals surface area contributed by atoms with Gasteiger partial charge in [-0.3, -0.25) is 0 Å². The van der Waals surface area contributed by atoms with Crippen LogP contribution in [0, 0.1) is 13.8 Å². The summed E-state index contributed by atoms with van der Waals surface area (Å²) in [5, 5.41) is 0. The number of hydrogen-bond acceptors (Lipinski definition) is 2. The molecule has 1 heterocycles. The molecule has 0 fully saturated rings. The van der Waals surface area contributed by atoms with Crippen LogP contribution < -0.4 is 0 Å². The van der Waals surface area contributed by atoms with Gasteiger partial charge in [0.1, 0.15) is 5.60 Å². The Morgan fingerprint density at radius 2 is 1.80 bits per heavy atom. The zero-order chi connectivity index (χ0) is 14.9. The first kappa shape index (κ1) is 14.9. The molecule has 0 atom stereocenters. The van der Waals surface area contributed by atoms with Gasteiger partial charge in [-0.2, -0.15) is 0 Å². The summed E-state index contributed by atoms with van der Waals surface area (Å²) in [6, 6.07) is 4.48. The minimum absolute atomic E-state index is 0.195. The van der Waals surface area contributed by atoms with Gasteiger partial charge in [0.2, 0.25) is 0 Å². The molecular weight excluding hydrogens is 250 g/mol. The Bertz CT molecular complexity index is 514. The highest BCUT2D eigenvalue weighted by atomic mass is 16.6. The summed E-state index contributed by atoms with van der Waals surface area (Å²) in [7, 11) is 0. The normalized spacial score (nSPS) is 15.6. The van der Waals surface area contributed by atoms with Crippen molar-refractivity contribution < 1.29 is 9.53 Å². The molecule has 0 saturated heterocycles. The lowest BCUT2D eigenvalue weighted by atomic mass is 9.96. The molecule has 1 aliphatic heterocycles. The maximum Gasteiger partial charge on any atom is 0.410 e. The van der Waals surface area contributed by atoms with Gasteiger partial charge >= 0.3 is 6.09 Å². The number of carbonyl (C=O) groups is 1. The quantitative estimate of drug-likeness (QED) is 0.723. The smallest absolute Gasteiger partial charge is 0.410 e. The summed E-state index contributed by atoms with van der Waals surface area (Å²) in [4.78, 5) is 14.0. The van der Waals surface area contributed by atoms with Crippen LogP contribution in [0.15, 0.2) is 12.1 Å². The maximum atomic E-state index is 12.2. The first-order valence-corrected chi connectivity index (χ1v) is 7.33. The summed E-state index contributed by atoms with van der Waals surface area (Å²) in [6.07, 6.45) is 1.64. The molecule has 0 saturated carbocycles. The highest BCUT2D eigenvalue weighted by molar-refractivity contribution is 5.68. The van der Waals surface area contributed by atoms with Crippen molar-refractivity contribution in [2.24, 2.45) is 0 Å². The number of carbonyl (C=O) groups excluding carboxylic acids is 1. The lowest BCUT2D eigenvalue weighted by Crippen LogP contribution is -2.38. The molecule has 2 rings (SSSR count). The monoisotopic (exact) mass is 275 g/mol. The second-order valence-electron chi connectivity index (χ2n) is 6.69. The second-order valence-corrected chi connectivity index (χ2v) is 6.69. The fraction of sp³-hybridized carbons (Fsp3) is 0.588. The Hall–Kier alpha value is -1.51. The van der Waals surface area contributed by atoms with Crippen molar-refractivity contribution in [3.05, 3.63) is 34.4 Å². The predicted molar refractivity (Wildman–Crippen MR) is 81.1 cm³/mol. The van der Waals surface area contributed by atoms with Crippen LogP contribution in [0.25, 0.3) is 0 Å². The largest absolute Gasteiger partial charge is 0.444 e. The number of fused-ring (bicyclic) bond motifs is 1. The van der Waals surface area contributed by atoms with Gasteiger partial charge in [-0.1, -0.05) is 17.7 Å². The van der Waals surface area contributed by atoms with Crippen LogP contribution in [-0.4, -0.2) is 29.7 Å². The highest BCUT2D eigenvalue weighted by Crippen LogP contribution is 2.22. The Balaban J connectivity index is 2.12. The number of benzene rings is 1. The molecule has 0 spiro atoms. The molecule has 1 amide bonds. The summed E-state index contributed by atoms with van der Waals surface area (Å²) in [6.45, 7) is 11.5. The lowest BCUT2D eigenvalue weighted by Gasteiger charge is -2.26. The molecule has 3 heteroatoms. The van der Waals surface area contributed by atoms with Gasteiger partial charge in [0.25, 0.3) is 0 Å². The van der Waals surface area contributed by atoms with E-state index in [0.717, 1.165) is 25.9 Å². The van der Waals surface area contributed by atoms with E-state index in [1.54, 1.807) is 0 Å². The zero-order valence-corrected chi connectivity index (χ0v) is 13.2. The van der Waals surface area contributed by atoms with Crippen LogP contribution in [0.2, 0.25) is 0 Å². The molecule has 0 aliphatic carbocycles. The highest BCUT2D eigenvalue weighted by Gasteiger charge is 2.24. The molecule has 0 aromatic heterocycles. The van der Waals surface area contributed by atoms with E-state index in [1.165, 1.54) is 22.3 Å². The van der Waals surface area contributed by atoms with Gasteiger partial charge in [0, 0.05) is 13.1 Å². The second kappa shape index (κ2) is 5.47. The van der Waals surface area contributed by atoms with Crippen molar-refractivity contribution in [1.29, 1.82) is 0 Å². The van der Waals surface area contributed by atoms with Crippen LogP contribution in [-0.2, 0) is 17.6 Å². The fourth-order valence-corrected chi connectivity index (χ4v) is 2.79. The van der Waals surface area contributed by atoms with Gasteiger partial charge in [-0.15, -0.1) is 0 Å². The molecule has 1 aromatic rings. The van der Waals surface area contributed by atoms with Gasteiger partial charge < -0.3 is 9.64 Å². The van der Waals surface area contributed by atoms with Crippen LogP contribution in [0.3, 0.4) is 0 Å². The topological polar surface area (TPSA) is 29.5 Å². The fourth-order valence-electron chi connectivity index (χ4n) is 2.79. The first-order chi connectivity index (χ1) is 9.26. The minimum Gasteiger partial charge on any atom is -0.444 e. The van der Waals surface area contributed by atoms with E-state index in [0.29, 0.717) is 0 Å². The van der Waals surface area contributed by atoms with Crippen LogP contribution >= 0.6 is 0 Å². The Morgan fingerprint density at radius 1 is 1.15 bits per heavy atom. The van der Waals surface area contributed by atoms with Crippen LogP contribution in [0.4, 0.5) is 4.79 Å². The van der Waals surface area contributed by atoms with Crippen molar-refractivity contribution in [3.8, 4) is 0 Å².